The number of aromatic nitrogens is 3. The highest BCUT2D eigenvalue weighted by molar-refractivity contribution is 5.90. The van der Waals surface area contributed by atoms with E-state index in [0.717, 1.165) is 11.1 Å². The van der Waals surface area contributed by atoms with Crippen LogP contribution in [0.2, 0.25) is 0 Å². The van der Waals surface area contributed by atoms with Crippen molar-refractivity contribution >= 4 is 23.2 Å². The number of carbonyl (C=O) groups excluding carboxylic acids is 2. The van der Waals surface area contributed by atoms with Crippen molar-refractivity contribution in [2.75, 3.05) is 20.2 Å². The zero-order valence-electron chi connectivity index (χ0n) is 21.9. The molecule has 2 aromatic heterocycles. The van der Waals surface area contributed by atoms with E-state index >= 15 is 0 Å². The fraction of sp³-hybridized carbons (Fsp3) is 0.310. The highest BCUT2D eigenvalue weighted by atomic mass is 16.6. The molecule has 4 aromatic rings. The van der Waals surface area contributed by atoms with Crippen LogP contribution in [-0.2, 0) is 9.47 Å². The predicted octanol–water partition coefficient (Wildman–Crippen LogP) is 4.82. The van der Waals surface area contributed by atoms with E-state index in [0.29, 0.717) is 36.4 Å². The summed E-state index contributed by atoms with van der Waals surface area (Å²) in [4.78, 5) is 45.0. The minimum Gasteiger partial charge on any atom is -0.464 e. The normalized spacial score (nSPS) is 15.6. The van der Waals surface area contributed by atoms with Gasteiger partial charge >= 0.3 is 17.8 Å². The van der Waals surface area contributed by atoms with Gasteiger partial charge in [0, 0.05) is 13.1 Å². The lowest BCUT2D eigenvalue weighted by atomic mass is 10.1. The van der Waals surface area contributed by atoms with Crippen LogP contribution in [0.3, 0.4) is 0 Å². The number of likely N-dealkylation sites (tertiary alicyclic amines) is 1. The fourth-order valence-corrected chi connectivity index (χ4v) is 4.77. The third-order valence-electron chi connectivity index (χ3n) is 6.53. The molecule has 0 saturated carbocycles. The predicted molar refractivity (Wildman–Crippen MR) is 144 cm³/mol. The van der Waals surface area contributed by atoms with Crippen LogP contribution >= 0.6 is 0 Å². The molecule has 1 amide bonds. The Morgan fingerprint density at radius 1 is 0.947 bits per heavy atom. The number of methoxy groups -OCH3 is 1. The van der Waals surface area contributed by atoms with Crippen molar-refractivity contribution < 1.29 is 19.1 Å². The molecule has 0 aliphatic carbocycles. The van der Waals surface area contributed by atoms with E-state index in [1.54, 1.807) is 26.2 Å². The van der Waals surface area contributed by atoms with Gasteiger partial charge in [0.25, 0.3) is 0 Å². The van der Waals surface area contributed by atoms with Crippen LogP contribution in [0.15, 0.2) is 71.5 Å². The smallest absolute Gasteiger partial charge is 0.410 e. The molecule has 0 spiro atoms. The number of esters is 1. The van der Waals surface area contributed by atoms with Crippen molar-refractivity contribution in [3.63, 3.8) is 0 Å². The van der Waals surface area contributed by atoms with E-state index in [-0.39, 0.29) is 17.4 Å². The Kier molecular flexibility index (Phi) is 6.52. The van der Waals surface area contributed by atoms with Gasteiger partial charge in [-0.25, -0.2) is 19.4 Å². The van der Waals surface area contributed by atoms with Crippen LogP contribution in [0, 0.1) is 0 Å². The summed E-state index contributed by atoms with van der Waals surface area (Å²) in [6.07, 6.45) is 0.131. The lowest BCUT2D eigenvalue weighted by Crippen LogP contribution is -2.36. The molecule has 1 aliphatic heterocycles. The molecule has 1 saturated heterocycles. The molecule has 0 bridgehead atoms. The molecule has 0 N–H and O–H groups in total. The molecule has 1 aliphatic rings. The summed E-state index contributed by atoms with van der Waals surface area (Å²) in [6.45, 7) is 6.19. The summed E-state index contributed by atoms with van der Waals surface area (Å²) in [5.41, 5.74) is 2.89. The molecular weight excluding hydrogens is 484 g/mol. The summed E-state index contributed by atoms with van der Waals surface area (Å²) in [6, 6.07) is 20.6. The Labute approximate surface area is 220 Å². The second kappa shape index (κ2) is 9.81. The van der Waals surface area contributed by atoms with Gasteiger partial charge in [-0.05, 0) is 62.6 Å². The third kappa shape index (κ3) is 4.79. The number of rotatable bonds is 4. The van der Waals surface area contributed by atoms with Crippen molar-refractivity contribution in [3.8, 4) is 16.8 Å². The first kappa shape index (κ1) is 25.3. The molecule has 1 atom stereocenters. The molecule has 2 aromatic carbocycles. The lowest BCUT2D eigenvalue weighted by Gasteiger charge is -2.24. The maximum atomic E-state index is 13.9. The maximum absolute atomic E-state index is 13.9. The summed E-state index contributed by atoms with van der Waals surface area (Å²) in [7, 11) is 1.29. The van der Waals surface area contributed by atoms with Gasteiger partial charge in [0.15, 0.2) is 11.3 Å². The van der Waals surface area contributed by atoms with Gasteiger partial charge in [0.05, 0.1) is 24.4 Å². The molecular formula is C29H30N4O5. The standard InChI is InChI=1S/C29H30N4O5/c1-29(2,3)38-28(36)31-17-16-22(18-31)33-25-24(15-14-23(30-25)26(34)37-4)32(27(33)35)21-12-10-20(11-13-21)19-8-6-5-7-9-19/h5-15,22H,16-18H2,1-4H3/t22-/m0/s1. The highest BCUT2D eigenvalue weighted by Gasteiger charge is 2.33. The molecule has 5 rings (SSSR count). The van der Waals surface area contributed by atoms with Crippen LogP contribution in [0.25, 0.3) is 28.0 Å². The average molecular weight is 515 g/mol. The summed E-state index contributed by atoms with van der Waals surface area (Å²) >= 11 is 0. The largest absolute Gasteiger partial charge is 0.464 e. The summed E-state index contributed by atoms with van der Waals surface area (Å²) < 4.78 is 13.6. The van der Waals surface area contributed by atoms with E-state index in [4.69, 9.17) is 9.47 Å². The van der Waals surface area contributed by atoms with Crippen molar-refractivity contribution in [1.29, 1.82) is 0 Å². The summed E-state index contributed by atoms with van der Waals surface area (Å²) in [5, 5.41) is 0. The van der Waals surface area contributed by atoms with E-state index in [1.807, 2.05) is 75.4 Å². The SMILES string of the molecule is COC(=O)c1ccc2c(n1)n([C@H]1CCN(C(=O)OC(C)(C)C)C1)c(=O)n2-c1ccc(-c2ccccc2)cc1. The Hall–Kier alpha value is -4.40. The number of imidazole rings is 1. The summed E-state index contributed by atoms with van der Waals surface area (Å²) in [5.74, 6) is -0.590. The number of pyridine rings is 1. The number of hydrogen-bond donors (Lipinski definition) is 0. The molecule has 38 heavy (non-hydrogen) atoms. The van der Waals surface area contributed by atoms with E-state index < -0.39 is 17.7 Å². The van der Waals surface area contributed by atoms with Gasteiger partial charge in [-0.3, -0.25) is 9.13 Å². The van der Waals surface area contributed by atoms with E-state index in [9.17, 15) is 14.4 Å². The van der Waals surface area contributed by atoms with Gasteiger partial charge in [0.1, 0.15) is 5.60 Å². The lowest BCUT2D eigenvalue weighted by molar-refractivity contribution is 0.0288. The molecule has 0 radical (unpaired) electrons. The van der Waals surface area contributed by atoms with E-state index in [1.165, 1.54) is 7.11 Å². The monoisotopic (exact) mass is 514 g/mol. The van der Waals surface area contributed by atoms with Crippen LogP contribution in [0.4, 0.5) is 4.79 Å². The Morgan fingerprint density at radius 2 is 1.63 bits per heavy atom. The van der Waals surface area contributed by atoms with Crippen LogP contribution < -0.4 is 5.69 Å². The van der Waals surface area contributed by atoms with Gasteiger partial charge in [-0.1, -0.05) is 42.5 Å². The zero-order chi connectivity index (χ0) is 27.0. The average Bonchev–Trinajstić information content (AvgIpc) is 3.49. The second-order valence-corrected chi connectivity index (χ2v) is 10.3. The molecule has 196 valence electrons. The second-order valence-electron chi connectivity index (χ2n) is 10.3. The first-order valence-electron chi connectivity index (χ1n) is 12.5. The number of fused-ring (bicyclic) bond motifs is 1. The minimum atomic E-state index is -0.620. The van der Waals surface area contributed by atoms with Crippen molar-refractivity contribution in [1.82, 2.24) is 19.0 Å². The highest BCUT2D eigenvalue weighted by Crippen LogP contribution is 2.28. The van der Waals surface area contributed by atoms with Crippen LogP contribution in [-0.4, -0.2) is 56.9 Å². The minimum absolute atomic E-state index is 0.104. The number of benzene rings is 2. The van der Waals surface area contributed by atoms with E-state index in [2.05, 4.69) is 4.98 Å². The number of carbonyl (C=O) groups is 2. The molecule has 3 heterocycles. The fourth-order valence-electron chi connectivity index (χ4n) is 4.77. The van der Waals surface area contributed by atoms with Gasteiger partial charge in [-0.2, -0.15) is 0 Å². The maximum Gasteiger partial charge on any atom is 0.410 e. The van der Waals surface area contributed by atoms with Gasteiger partial charge in [0.2, 0.25) is 0 Å². The van der Waals surface area contributed by atoms with Crippen molar-refractivity contribution in [2.45, 2.75) is 38.8 Å². The molecule has 9 heteroatoms. The molecule has 9 nitrogen and oxygen atoms in total. The van der Waals surface area contributed by atoms with Crippen molar-refractivity contribution in [2.24, 2.45) is 0 Å². The Morgan fingerprint density at radius 3 is 2.29 bits per heavy atom. The first-order valence-corrected chi connectivity index (χ1v) is 12.5. The first-order chi connectivity index (χ1) is 18.2. The zero-order valence-corrected chi connectivity index (χ0v) is 21.9. The molecule has 0 unspecified atom stereocenters. The quantitative estimate of drug-likeness (QED) is 0.362. The number of ether oxygens (including phenoxy) is 2. The van der Waals surface area contributed by atoms with Crippen molar-refractivity contribution in [3.05, 3.63) is 82.9 Å². The Balaban J connectivity index is 1.57. The topological polar surface area (TPSA) is 95.7 Å². The molecule has 1 fully saturated rings. The third-order valence-corrected chi connectivity index (χ3v) is 6.53. The van der Waals surface area contributed by atoms with Gasteiger partial charge < -0.3 is 14.4 Å². The number of nitrogens with zero attached hydrogens (tertiary/aromatic N) is 4. The number of hydrogen-bond acceptors (Lipinski definition) is 6. The Bertz CT molecular complexity index is 1550. The number of amides is 1. The van der Waals surface area contributed by atoms with Gasteiger partial charge in [-0.15, -0.1) is 0 Å². The van der Waals surface area contributed by atoms with Crippen LogP contribution in [0.1, 0.15) is 43.7 Å². The van der Waals surface area contributed by atoms with Crippen LogP contribution in [0.5, 0.6) is 0 Å².